The highest BCUT2D eigenvalue weighted by molar-refractivity contribution is 7.07. The summed E-state index contributed by atoms with van der Waals surface area (Å²) < 4.78 is 7.44. The Morgan fingerprint density at radius 3 is 1.36 bits per heavy atom. The minimum absolute atomic E-state index is 0.254. The van der Waals surface area contributed by atoms with E-state index in [0.29, 0.717) is 0 Å². The molecule has 0 saturated heterocycles. The van der Waals surface area contributed by atoms with Gasteiger partial charge in [-0.25, -0.2) is 0 Å². The molecule has 0 spiro atoms. The van der Waals surface area contributed by atoms with Crippen molar-refractivity contribution >= 4 is 23.9 Å². The molecule has 164 valence electrons. The zero-order chi connectivity index (χ0) is 23.1. The van der Waals surface area contributed by atoms with Crippen molar-refractivity contribution in [2.75, 3.05) is 0 Å². The van der Waals surface area contributed by atoms with Gasteiger partial charge in [-0.2, -0.15) is 0 Å². The van der Waals surface area contributed by atoms with Gasteiger partial charge >= 0.3 is 0 Å². The van der Waals surface area contributed by atoms with Gasteiger partial charge in [0.25, 0.3) is 8.32 Å². The van der Waals surface area contributed by atoms with Gasteiger partial charge in [0.15, 0.2) is 0 Å². The van der Waals surface area contributed by atoms with E-state index in [1.54, 1.807) is 0 Å². The van der Waals surface area contributed by atoms with E-state index in [2.05, 4.69) is 128 Å². The fraction of sp³-hybridized carbons (Fsp3) is 0.0968. The molecule has 0 saturated carbocycles. The maximum Gasteiger partial charge on any atom is 0.289 e. The smallest absolute Gasteiger partial charge is 0.289 e. The van der Waals surface area contributed by atoms with Crippen molar-refractivity contribution in [3.8, 4) is 0 Å². The van der Waals surface area contributed by atoms with E-state index >= 15 is 0 Å². The lowest BCUT2D eigenvalue weighted by Crippen LogP contribution is -2.69. The van der Waals surface area contributed by atoms with E-state index in [-0.39, 0.29) is 6.10 Å². The summed E-state index contributed by atoms with van der Waals surface area (Å²) in [7, 11) is -2.87. The van der Waals surface area contributed by atoms with Gasteiger partial charge in [0.2, 0.25) is 0 Å². The van der Waals surface area contributed by atoms with Crippen molar-refractivity contribution < 1.29 is 4.43 Å². The summed E-state index contributed by atoms with van der Waals surface area (Å²) in [5.41, 5.74) is 3.22. The van der Waals surface area contributed by atoms with Gasteiger partial charge in [-0.1, -0.05) is 140 Å². The SMILES string of the molecule is C=C(C)CC(=C)C(O[Si](c1ccccc1)(c1ccccc1)c1ccccc1)c1ccccc1. The Labute approximate surface area is 198 Å². The van der Waals surface area contributed by atoms with Crippen LogP contribution in [0.3, 0.4) is 0 Å². The number of hydrogen-bond acceptors (Lipinski definition) is 1. The summed E-state index contributed by atoms with van der Waals surface area (Å²) in [6.07, 6.45) is 0.470. The fourth-order valence-electron chi connectivity index (χ4n) is 4.39. The molecule has 1 atom stereocenters. The third-order valence-corrected chi connectivity index (χ3v) is 9.87. The van der Waals surface area contributed by atoms with Gasteiger partial charge in [0.05, 0.1) is 6.10 Å². The monoisotopic (exact) mass is 446 g/mol. The molecule has 0 heterocycles. The van der Waals surface area contributed by atoms with Gasteiger partial charge in [-0.05, 0) is 40.0 Å². The standard InChI is InChI=1S/C31H30OSi/c1-25(2)24-26(3)31(27-16-8-4-9-17-27)32-33(28-18-10-5-11-19-28,29-20-12-6-13-21-29)30-22-14-7-15-23-30/h4-23,31H,1,3,24H2,2H3. The minimum Gasteiger partial charge on any atom is -0.393 e. The number of benzene rings is 4. The summed E-state index contributed by atoms with van der Waals surface area (Å²) in [4.78, 5) is 0. The molecule has 0 aliphatic rings. The molecule has 0 N–H and O–H groups in total. The quantitative estimate of drug-likeness (QED) is 0.176. The highest BCUT2D eigenvalue weighted by atomic mass is 28.4. The molecule has 0 radical (unpaired) electrons. The zero-order valence-corrected chi connectivity index (χ0v) is 20.2. The van der Waals surface area contributed by atoms with Crippen molar-refractivity contribution in [2.45, 2.75) is 19.4 Å². The Kier molecular flexibility index (Phi) is 7.18. The lowest BCUT2D eigenvalue weighted by atomic mass is 9.98. The van der Waals surface area contributed by atoms with Crippen LogP contribution in [0.4, 0.5) is 0 Å². The van der Waals surface area contributed by atoms with Crippen LogP contribution in [0, 0.1) is 0 Å². The topological polar surface area (TPSA) is 9.23 Å². The van der Waals surface area contributed by atoms with Crippen LogP contribution in [-0.4, -0.2) is 8.32 Å². The molecular weight excluding hydrogens is 416 g/mol. The van der Waals surface area contributed by atoms with Crippen molar-refractivity contribution in [3.05, 3.63) is 151 Å². The molecule has 0 aliphatic carbocycles. The molecule has 0 bridgehead atoms. The fourth-order valence-corrected chi connectivity index (χ4v) is 8.44. The third kappa shape index (κ3) is 4.98. The predicted molar refractivity (Wildman–Crippen MR) is 143 cm³/mol. The first-order chi connectivity index (χ1) is 16.1. The molecule has 2 heteroatoms. The molecular formula is C31H30OSi. The van der Waals surface area contributed by atoms with E-state index in [4.69, 9.17) is 4.43 Å². The summed E-state index contributed by atoms with van der Waals surface area (Å²) in [6.45, 7) is 10.7. The number of rotatable bonds is 9. The molecule has 0 aliphatic heterocycles. The summed E-state index contributed by atoms with van der Waals surface area (Å²) >= 11 is 0. The Hall–Kier alpha value is -3.46. The lowest BCUT2D eigenvalue weighted by molar-refractivity contribution is 0.243. The van der Waals surface area contributed by atoms with Crippen LogP contribution in [-0.2, 0) is 4.43 Å². The largest absolute Gasteiger partial charge is 0.393 e. The van der Waals surface area contributed by atoms with E-state index < -0.39 is 8.32 Å². The van der Waals surface area contributed by atoms with E-state index in [9.17, 15) is 0 Å². The maximum absolute atomic E-state index is 7.44. The van der Waals surface area contributed by atoms with Crippen LogP contribution in [0.1, 0.15) is 25.0 Å². The van der Waals surface area contributed by atoms with Crippen LogP contribution in [0.15, 0.2) is 146 Å². The van der Waals surface area contributed by atoms with Gasteiger partial charge in [-0.3, -0.25) is 0 Å². The Morgan fingerprint density at radius 1 is 0.636 bits per heavy atom. The van der Waals surface area contributed by atoms with Gasteiger partial charge in [-0.15, -0.1) is 0 Å². The van der Waals surface area contributed by atoms with E-state index in [1.807, 2.05) is 13.0 Å². The van der Waals surface area contributed by atoms with E-state index in [0.717, 1.165) is 23.1 Å². The predicted octanol–water partition coefficient (Wildman–Crippen LogP) is 5.93. The first-order valence-corrected chi connectivity index (χ1v) is 13.2. The Bertz CT molecular complexity index is 1090. The van der Waals surface area contributed by atoms with Crippen LogP contribution < -0.4 is 15.6 Å². The summed E-state index contributed by atoms with van der Waals surface area (Å²) in [6, 6.07) is 42.5. The average molecular weight is 447 g/mol. The molecule has 4 aromatic rings. The molecule has 4 rings (SSSR count). The van der Waals surface area contributed by atoms with Crippen molar-refractivity contribution in [3.63, 3.8) is 0 Å². The second-order valence-corrected chi connectivity index (χ2v) is 11.8. The summed E-state index contributed by atoms with van der Waals surface area (Å²) in [5.74, 6) is 0. The van der Waals surface area contributed by atoms with E-state index in [1.165, 1.54) is 15.6 Å². The van der Waals surface area contributed by atoms with Crippen LogP contribution in [0.2, 0.25) is 0 Å². The molecule has 1 unspecified atom stereocenters. The molecule has 1 nitrogen and oxygen atoms in total. The third-order valence-electron chi connectivity index (χ3n) is 5.84. The average Bonchev–Trinajstić information content (AvgIpc) is 2.86. The zero-order valence-electron chi connectivity index (χ0n) is 19.2. The van der Waals surface area contributed by atoms with Gasteiger partial charge < -0.3 is 4.43 Å². The van der Waals surface area contributed by atoms with Crippen molar-refractivity contribution in [2.24, 2.45) is 0 Å². The summed E-state index contributed by atoms with van der Waals surface area (Å²) in [5, 5.41) is 3.64. The second-order valence-electron chi connectivity index (χ2n) is 8.48. The number of allylic oxidation sites excluding steroid dienone is 1. The van der Waals surface area contributed by atoms with Crippen LogP contribution >= 0.6 is 0 Å². The van der Waals surface area contributed by atoms with Gasteiger partial charge in [0, 0.05) is 0 Å². The molecule has 0 fully saturated rings. The highest BCUT2D eigenvalue weighted by Gasteiger charge is 2.44. The van der Waals surface area contributed by atoms with Crippen LogP contribution in [0.5, 0.6) is 0 Å². The van der Waals surface area contributed by atoms with Gasteiger partial charge in [0.1, 0.15) is 0 Å². The molecule has 33 heavy (non-hydrogen) atoms. The molecule has 0 amide bonds. The van der Waals surface area contributed by atoms with Crippen molar-refractivity contribution in [1.82, 2.24) is 0 Å². The first-order valence-electron chi connectivity index (χ1n) is 11.3. The second kappa shape index (κ2) is 10.4. The van der Waals surface area contributed by atoms with Crippen molar-refractivity contribution in [1.29, 1.82) is 0 Å². The first kappa shape index (κ1) is 22.7. The minimum atomic E-state index is -2.87. The normalized spacial score (nSPS) is 12.2. The Balaban J connectivity index is 1.97. The lowest BCUT2D eigenvalue weighted by Gasteiger charge is -2.37. The molecule has 4 aromatic carbocycles. The molecule has 0 aromatic heterocycles. The van der Waals surface area contributed by atoms with Crippen LogP contribution in [0.25, 0.3) is 0 Å². The number of hydrogen-bond donors (Lipinski definition) is 0. The Morgan fingerprint density at radius 2 is 1.00 bits per heavy atom. The maximum atomic E-state index is 7.44. The highest BCUT2D eigenvalue weighted by Crippen LogP contribution is 2.31.